The van der Waals surface area contributed by atoms with Crippen LogP contribution in [0.1, 0.15) is 35.1 Å². The van der Waals surface area contributed by atoms with Crippen LogP contribution >= 0.6 is 0 Å². The summed E-state index contributed by atoms with van der Waals surface area (Å²) in [5, 5.41) is 0. The highest BCUT2D eigenvalue weighted by atomic mass is 19.1. The molecule has 2 rings (SSSR count). The van der Waals surface area contributed by atoms with Crippen molar-refractivity contribution in [1.82, 2.24) is 9.55 Å². The van der Waals surface area contributed by atoms with E-state index in [1.807, 2.05) is 10.8 Å². The highest BCUT2D eigenvalue weighted by Gasteiger charge is 2.15. The minimum Gasteiger partial charge on any atom is -0.335 e. The highest BCUT2D eigenvalue weighted by Crippen LogP contribution is 2.14. The monoisotopic (exact) mass is 260 g/mol. The van der Waals surface area contributed by atoms with Gasteiger partial charge in [-0.2, -0.15) is 0 Å². The van der Waals surface area contributed by atoms with E-state index < -0.39 is 5.82 Å². The number of Topliss-reactive ketones (excluding diaryl/α,β-unsaturated/α-hetero) is 1. The maximum atomic E-state index is 13.9. The zero-order chi connectivity index (χ0) is 13.8. The van der Waals surface area contributed by atoms with Gasteiger partial charge in [-0.3, -0.25) is 4.79 Å². The van der Waals surface area contributed by atoms with E-state index in [9.17, 15) is 9.18 Å². The lowest BCUT2D eigenvalue weighted by Crippen LogP contribution is -2.12. The number of halogens is 1. The van der Waals surface area contributed by atoms with Crippen molar-refractivity contribution >= 4 is 5.78 Å². The summed E-state index contributed by atoms with van der Waals surface area (Å²) in [6.07, 6.45) is 4.62. The molecule has 0 aliphatic carbocycles. The van der Waals surface area contributed by atoms with Crippen molar-refractivity contribution in [3.8, 4) is 0 Å². The number of hydrogen-bond donors (Lipinski definition) is 0. The van der Waals surface area contributed by atoms with Crippen LogP contribution in [-0.4, -0.2) is 15.3 Å². The van der Waals surface area contributed by atoms with Crippen LogP contribution in [-0.2, 0) is 13.0 Å². The summed E-state index contributed by atoms with van der Waals surface area (Å²) >= 11 is 0. The second-order valence-electron chi connectivity index (χ2n) is 4.57. The molecule has 1 heterocycles. The summed E-state index contributed by atoms with van der Waals surface area (Å²) in [6.45, 7) is 4.54. The number of rotatable bonds is 5. The predicted molar refractivity (Wildman–Crippen MR) is 71.7 cm³/mol. The molecule has 19 heavy (non-hydrogen) atoms. The standard InChI is InChI=1S/C15H17FN2O/c1-3-8-18-9-7-17-14(18)10-13(19)12-6-4-5-11(2)15(12)16/h4-7,9H,3,8,10H2,1-2H3. The zero-order valence-electron chi connectivity index (χ0n) is 11.2. The molecular weight excluding hydrogens is 243 g/mol. The molecule has 0 spiro atoms. The number of hydrogen-bond acceptors (Lipinski definition) is 2. The van der Waals surface area contributed by atoms with Gasteiger partial charge in [0, 0.05) is 18.9 Å². The Bertz CT molecular complexity index is 590. The first-order valence-electron chi connectivity index (χ1n) is 6.41. The number of nitrogens with zero attached hydrogens (tertiary/aromatic N) is 2. The third kappa shape index (κ3) is 2.89. The van der Waals surface area contributed by atoms with Crippen molar-refractivity contribution < 1.29 is 9.18 Å². The molecule has 0 aliphatic rings. The summed E-state index contributed by atoms with van der Waals surface area (Å²) in [7, 11) is 0. The van der Waals surface area contributed by atoms with Gasteiger partial charge >= 0.3 is 0 Å². The van der Waals surface area contributed by atoms with Crippen molar-refractivity contribution in [1.29, 1.82) is 0 Å². The molecule has 0 N–H and O–H groups in total. The first-order chi connectivity index (χ1) is 9.13. The number of benzene rings is 1. The van der Waals surface area contributed by atoms with Crippen LogP contribution < -0.4 is 0 Å². The second-order valence-corrected chi connectivity index (χ2v) is 4.57. The van der Waals surface area contributed by atoms with Crippen LogP contribution in [0.25, 0.3) is 0 Å². The minimum atomic E-state index is -0.430. The average molecular weight is 260 g/mol. The summed E-state index contributed by atoms with van der Waals surface area (Å²) in [4.78, 5) is 16.3. The molecule has 1 aromatic heterocycles. The van der Waals surface area contributed by atoms with Gasteiger partial charge in [0.1, 0.15) is 11.6 Å². The molecule has 0 radical (unpaired) electrons. The Morgan fingerprint density at radius 2 is 2.21 bits per heavy atom. The van der Waals surface area contributed by atoms with Crippen LogP contribution in [0.3, 0.4) is 0 Å². The normalized spacial score (nSPS) is 10.7. The Morgan fingerprint density at radius 3 is 2.95 bits per heavy atom. The van der Waals surface area contributed by atoms with Gasteiger partial charge in [-0.1, -0.05) is 19.1 Å². The highest BCUT2D eigenvalue weighted by molar-refractivity contribution is 5.97. The SMILES string of the molecule is CCCn1ccnc1CC(=O)c1cccc(C)c1F. The largest absolute Gasteiger partial charge is 0.335 e. The fourth-order valence-electron chi connectivity index (χ4n) is 2.05. The van der Waals surface area contributed by atoms with Crippen LogP contribution in [0.4, 0.5) is 4.39 Å². The number of ketones is 1. The maximum Gasteiger partial charge on any atom is 0.173 e. The third-order valence-corrected chi connectivity index (χ3v) is 3.08. The van der Waals surface area contributed by atoms with Gasteiger partial charge in [0.15, 0.2) is 5.78 Å². The van der Waals surface area contributed by atoms with Crippen molar-refractivity contribution in [2.75, 3.05) is 0 Å². The molecule has 0 saturated carbocycles. The second kappa shape index (κ2) is 5.78. The van der Waals surface area contributed by atoms with Crippen molar-refractivity contribution in [2.45, 2.75) is 33.2 Å². The lowest BCUT2D eigenvalue weighted by Gasteiger charge is -2.07. The smallest absolute Gasteiger partial charge is 0.173 e. The van der Waals surface area contributed by atoms with E-state index in [1.165, 1.54) is 6.07 Å². The fraction of sp³-hybridized carbons (Fsp3) is 0.333. The first kappa shape index (κ1) is 13.5. The topological polar surface area (TPSA) is 34.9 Å². The fourth-order valence-corrected chi connectivity index (χ4v) is 2.05. The Kier molecular flexibility index (Phi) is 4.10. The Morgan fingerprint density at radius 1 is 1.42 bits per heavy atom. The Balaban J connectivity index is 2.21. The molecule has 0 unspecified atom stereocenters. The van der Waals surface area contributed by atoms with Crippen LogP contribution in [0, 0.1) is 12.7 Å². The molecule has 0 bridgehead atoms. The first-order valence-corrected chi connectivity index (χ1v) is 6.41. The van der Waals surface area contributed by atoms with E-state index in [1.54, 1.807) is 25.3 Å². The van der Waals surface area contributed by atoms with Crippen LogP contribution in [0.15, 0.2) is 30.6 Å². The van der Waals surface area contributed by atoms with Crippen molar-refractivity contribution in [2.24, 2.45) is 0 Å². The number of carbonyl (C=O) groups excluding carboxylic acids is 1. The Hall–Kier alpha value is -1.97. The third-order valence-electron chi connectivity index (χ3n) is 3.08. The quantitative estimate of drug-likeness (QED) is 0.774. The van der Waals surface area contributed by atoms with Gasteiger partial charge in [-0.15, -0.1) is 0 Å². The minimum absolute atomic E-state index is 0.132. The molecular formula is C15H17FN2O. The molecule has 3 nitrogen and oxygen atoms in total. The summed E-state index contributed by atoms with van der Waals surface area (Å²) in [5.74, 6) is 0.0265. The summed E-state index contributed by atoms with van der Waals surface area (Å²) in [6, 6.07) is 4.88. The van der Waals surface area contributed by atoms with Gasteiger partial charge in [0.05, 0.1) is 12.0 Å². The molecule has 0 fully saturated rings. The van der Waals surface area contributed by atoms with E-state index in [4.69, 9.17) is 0 Å². The van der Waals surface area contributed by atoms with Crippen molar-refractivity contribution in [3.63, 3.8) is 0 Å². The van der Waals surface area contributed by atoms with Gasteiger partial charge in [0.25, 0.3) is 0 Å². The molecule has 0 amide bonds. The maximum absolute atomic E-state index is 13.9. The molecule has 4 heteroatoms. The molecule has 2 aromatic rings. The summed E-state index contributed by atoms with van der Waals surface area (Å²) < 4.78 is 15.8. The lowest BCUT2D eigenvalue weighted by molar-refractivity contribution is 0.0985. The number of aromatic nitrogens is 2. The summed E-state index contributed by atoms with van der Waals surface area (Å²) in [5.41, 5.74) is 0.633. The number of imidazole rings is 1. The number of carbonyl (C=O) groups is 1. The average Bonchev–Trinajstić information content (AvgIpc) is 2.80. The molecule has 0 aliphatic heterocycles. The lowest BCUT2D eigenvalue weighted by atomic mass is 10.0. The van der Waals surface area contributed by atoms with Gasteiger partial charge in [-0.05, 0) is 25.0 Å². The van der Waals surface area contributed by atoms with Gasteiger partial charge < -0.3 is 4.57 Å². The van der Waals surface area contributed by atoms with E-state index in [-0.39, 0.29) is 17.8 Å². The van der Waals surface area contributed by atoms with E-state index in [0.29, 0.717) is 11.4 Å². The van der Waals surface area contributed by atoms with Gasteiger partial charge in [-0.25, -0.2) is 9.37 Å². The molecule has 0 atom stereocenters. The molecule has 0 saturated heterocycles. The van der Waals surface area contributed by atoms with Crippen LogP contribution in [0.2, 0.25) is 0 Å². The predicted octanol–water partition coefficient (Wildman–Crippen LogP) is 3.17. The molecule has 100 valence electrons. The van der Waals surface area contributed by atoms with E-state index in [0.717, 1.165) is 13.0 Å². The van der Waals surface area contributed by atoms with Gasteiger partial charge in [0.2, 0.25) is 0 Å². The molecule has 1 aromatic carbocycles. The zero-order valence-corrected chi connectivity index (χ0v) is 11.2. The number of aryl methyl sites for hydroxylation is 2. The van der Waals surface area contributed by atoms with E-state index in [2.05, 4.69) is 11.9 Å². The van der Waals surface area contributed by atoms with Crippen LogP contribution in [0.5, 0.6) is 0 Å². The Labute approximate surface area is 112 Å². The van der Waals surface area contributed by atoms with E-state index >= 15 is 0 Å². The van der Waals surface area contributed by atoms with Crippen molar-refractivity contribution in [3.05, 3.63) is 53.4 Å².